The highest BCUT2D eigenvalue weighted by molar-refractivity contribution is 6.52. The number of rotatable bonds is 2. The van der Waals surface area contributed by atoms with Gasteiger partial charge in [0.2, 0.25) is 0 Å². The summed E-state index contributed by atoms with van der Waals surface area (Å²) < 4.78 is 50.3. The van der Waals surface area contributed by atoms with Gasteiger partial charge in [0.25, 0.3) is 5.78 Å². The first kappa shape index (κ1) is 18.1. The van der Waals surface area contributed by atoms with Crippen molar-refractivity contribution in [2.45, 2.75) is 25.4 Å². The van der Waals surface area contributed by atoms with E-state index in [4.69, 9.17) is 9.47 Å². The fraction of sp³-hybridized carbons (Fsp3) is 0.556. The van der Waals surface area contributed by atoms with Crippen molar-refractivity contribution in [2.24, 2.45) is 5.92 Å². The molecule has 3 aliphatic heterocycles. The summed E-state index contributed by atoms with van der Waals surface area (Å²) in [7, 11) is 0. The molecule has 9 heteroatoms. The minimum atomic E-state index is -4.26. The Morgan fingerprint density at radius 2 is 1.78 bits per heavy atom. The molecule has 0 aromatic heterocycles. The molecular formula is C18H19F3N2O4. The van der Waals surface area contributed by atoms with Gasteiger partial charge >= 0.3 is 12.1 Å². The Bertz CT molecular complexity index is 781. The van der Waals surface area contributed by atoms with Crippen LogP contribution in [-0.2, 0) is 4.79 Å². The van der Waals surface area contributed by atoms with Crippen molar-refractivity contribution in [3.63, 3.8) is 0 Å². The van der Waals surface area contributed by atoms with E-state index in [1.54, 1.807) is 11.0 Å². The molecule has 3 aliphatic rings. The number of ether oxygens (including phenoxy) is 2. The maximum absolute atomic E-state index is 13.0. The number of anilines is 1. The largest absolute Gasteiger partial charge is 0.490 e. The fourth-order valence-electron chi connectivity index (χ4n) is 3.74. The van der Waals surface area contributed by atoms with Gasteiger partial charge in [-0.1, -0.05) is 0 Å². The van der Waals surface area contributed by atoms with E-state index >= 15 is 0 Å². The van der Waals surface area contributed by atoms with E-state index in [-0.39, 0.29) is 25.2 Å². The van der Waals surface area contributed by atoms with Gasteiger partial charge in [-0.15, -0.1) is 0 Å². The quantitative estimate of drug-likeness (QED) is 0.734. The molecule has 1 atom stereocenters. The van der Waals surface area contributed by atoms with Crippen LogP contribution < -0.4 is 14.4 Å². The van der Waals surface area contributed by atoms with Crippen LogP contribution in [0.3, 0.4) is 0 Å². The molecule has 0 radical (unpaired) electrons. The number of alkyl halides is 3. The predicted octanol–water partition coefficient (Wildman–Crippen LogP) is 2.61. The Kier molecular flexibility index (Phi) is 4.49. The molecule has 0 aliphatic carbocycles. The lowest BCUT2D eigenvalue weighted by Gasteiger charge is -2.35. The van der Waals surface area contributed by atoms with Crippen LogP contribution in [0.15, 0.2) is 12.1 Å². The Hall–Kier alpha value is -2.29. The van der Waals surface area contributed by atoms with E-state index in [0.717, 1.165) is 0 Å². The molecular weight excluding hydrogens is 365 g/mol. The number of amides is 1. The number of piperidine rings is 1. The summed E-state index contributed by atoms with van der Waals surface area (Å²) in [6, 6.07) is 3.06. The van der Waals surface area contributed by atoms with Gasteiger partial charge in [-0.2, -0.15) is 13.2 Å². The number of hydrogen-bond acceptors (Lipinski definition) is 5. The molecule has 6 nitrogen and oxygen atoms in total. The van der Waals surface area contributed by atoms with Crippen LogP contribution in [0.2, 0.25) is 0 Å². The predicted molar refractivity (Wildman–Crippen MR) is 89.1 cm³/mol. The maximum Gasteiger partial charge on any atom is 0.393 e. The Morgan fingerprint density at radius 3 is 2.48 bits per heavy atom. The van der Waals surface area contributed by atoms with Gasteiger partial charge in [0, 0.05) is 19.0 Å². The molecule has 146 valence electrons. The summed E-state index contributed by atoms with van der Waals surface area (Å²) in [6.07, 6.45) is -3.08. The van der Waals surface area contributed by atoms with Crippen LogP contribution in [0.1, 0.15) is 29.6 Å². The summed E-state index contributed by atoms with van der Waals surface area (Å²) >= 11 is 0. The highest BCUT2D eigenvalue weighted by Gasteiger charge is 2.43. The van der Waals surface area contributed by atoms with Crippen molar-refractivity contribution in [3.05, 3.63) is 17.7 Å². The van der Waals surface area contributed by atoms with Gasteiger partial charge in [-0.05, 0) is 25.5 Å². The number of nitrogens with zero attached hydrogens (tertiary/aromatic N) is 2. The van der Waals surface area contributed by atoms with Crippen molar-refractivity contribution < 1.29 is 32.2 Å². The molecule has 1 amide bonds. The Labute approximate surface area is 153 Å². The molecule has 27 heavy (non-hydrogen) atoms. The van der Waals surface area contributed by atoms with Gasteiger partial charge in [0.05, 0.1) is 37.1 Å². The van der Waals surface area contributed by atoms with Gasteiger partial charge in [-0.25, -0.2) is 0 Å². The van der Waals surface area contributed by atoms with E-state index in [2.05, 4.69) is 0 Å². The van der Waals surface area contributed by atoms with Crippen molar-refractivity contribution in [2.75, 3.05) is 37.9 Å². The standard InChI is InChI=1S/C18H19F3N2O4/c19-18(20,21)11-3-1-4-22(9-11)10-23-13-8-15-14(26-5-2-6-27-15)7-12(13)16(24)17(23)25/h7-8,11H,1-6,9-10H2/t11-/m1/s1. The molecule has 1 aromatic carbocycles. The molecule has 0 spiro atoms. The zero-order valence-electron chi connectivity index (χ0n) is 14.6. The number of carbonyl (C=O) groups excluding carboxylic acids is 2. The summed E-state index contributed by atoms with van der Waals surface area (Å²) in [5.74, 6) is -1.98. The lowest BCUT2D eigenvalue weighted by Crippen LogP contribution is -2.48. The molecule has 1 saturated heterocycles. The van der Waals surface area contributed by atoms with Crippen LogP contribution in [0.25, 0.3) is 0 Å². The second kappa shape index (κ2) is 6.70. The first-order valence-corrected chi connectivity index (χ1v) is 8.93. The number of carbonyl (C=O) groups is 2. The minimum absolute atomic E-state index is 0.0518. The maximum atomic E-state index is 13.0. The van der Waals surface area contributed by atoms with Crippen LogP contribution in [0.4, 0.5) is 18.9 Å². The molecule has 0 bridgehead atoms. The molecule has 4 rings (SSSR count). The number of ketones is 1. The van der Waals surface area contributed by atoms with Crippen molar-refractivity contribution >= 4 is 17.4 Å². The first-order chi connectivity index (χ1) is 12.8. The number of benzene rings is 1. The summed E-state index contributed by atoms with van der Waals surface area (Å²) in [5.41, 5.74) is 0.567. The average Bonchev–Trinajstić information content (AvgIpc) is 2.81. The van der Waals surface area contributed by atoms with Crippen LogP contribution in [0.5, 0.6) is 11.5 Å². The number of Topliss-reactive ketones (excluding diaryl/α,β-unsaturated/α-hetero) is 1. The van der Waals surface area contributed by atoms with Crippen molar-refractivity contribution in [1.29, 1.82) is 0 Å². The monoisotopic (exact) mass is 384 g/mol. The summed E-state index contributed by atoms with van der Waals surface area (Å²) in [4.78, 5) is 27.6. The first-order valence-electron chi connectivity index (χ1n) is 8.93. The highest BCUT2D eigenvalue weighted by atomic mass is 19.4. The van der Waals surface area contributed by atoms with E-state index < -0.39 is 23.8 Å². The smallest absolute Gasteiger partial charge is 0.393 e. The molecule has 1 aromatic rings. The second-order valence-electron chi connectivity index (χ2n) is 7.03. The van der Waals surface area contributed by atoms with Crippen molar-refractivity contribution in [1.82, 2.24) is 4.90 Å². The fourth-order valence-corrected chi connectivity index (χ4v) is 3.74. The van der Waals surface area contributed by atoms with E-state index in [9.17, 15) is 22.8 Å². The SMILES string of the molecule is O=C1C(=O)N(CN2CCC[C@@H](C(F)(F)F)C2)c2cc3c(cc21)OCCCO3. The normalized spacial score (nSPS) is 23.4. The summed E-state index contributed by atoms with van der Waals surface area (Å²) in [5, 5.41) is 0. The van der Waals surface area contributed by atoms with E-state index in [1.807, 2.05) is 0 Å². The Balaban J connectivity index is 1.59. The molecule has 3 heterocycles. The zero-order chi connectivity index (χ0) is 19.2. The average molecular weight is 384 g/mol. The lowest BCUT2D eigenvalue weighted by molar-refractivity contribution is -0.186. The van der Waals surface area contributed by atoms with Crippen molar-refractivity contribution in [3.8, 4) is 11.5 Å². The second-order valence-corrected chi connectivity index (χ2v) is 7.03. The lowest BCUT2D eigenvalue weighted by atomic mass is 9.98. The minimum Gasteiger partial charge on any atom is -0.490 e. The summed E-state index contributed by atoms with van der Waals surface area (Å²) in [6.45, 7) is 1.12. The number of likely N-dealkylation sites (tertiary alicyclic amines) is 1. The molecule has 0 N–H and O–H groups in total. The number of fused-ring (bicyclic) bond motifs is 2. The van der Waals surface area contributed by atoms with Crippen LogP contribution >= 0.6 is 0 Å². The van der Waals surface area contributed by atoms with Crippen LogP contribution in [0, 0.1) is 5.92 Å². The molecule has 0 unspecified atom stereocenters. The molecule has 0 saturated carbocycles. The third-order valence-corrected chi connectivity index (χ3v) is 5.15. The highest BCUT2D eigenvalue weighted by Crippen LogP contribution is 2.41. The van der Waals surface area contributed by atoms with Gasteiger partial charge < -0.3 is 9.47 Å². The molecule has 1 fully saturated rings. The number of halogens is 3. The van der Waals surface area contributed by atoms with E-state index in [0.29, 0.717) is 49.8 Å². The van der Waals surface area contributed by atoms with Gasteiger partial charge in [0.1, 0.15) is 0 Å². The van der Waals surface area contributed by atoms with E-state index in [1.165, 1.54) is 11.0 Å². The van der Waals surface area contributed by atoms with Crippen LogP contribution in [-0.4, -0.2) is 55.7 Å². The third kappa shape index (κ3) is 3.36. The zero-order valence-corrected chi connectivity index (χ0v) is 14.6. The number of hydrogen-bond donors (Lipinski definition) is 0. The van der Waals surface area contributed by atoms with Gasteiger partial charge in [-0.3, -0.25) is 19.4 Å². The topological polar surface area (TPSA) is 59.1 Å². The van der Waals surface area contributed by atoms with Gasteiger partial charge in [0.15, 0.2) is 11.5 Å². The Morgan fingerprint density at radius 1 is 1.07 bits per heavy atom. The third-order valence-electron chi connectivity index (χ3n) is 5.15.